The Hall–Kier alpha value is -3.35. The number of anilines is 2. The van der Waals surface area contributed by atoms with Crippen molar-refractivity contribution in [1.82, 2.24) is 0 Å². The number of hydrogen-bond donors (Lipinski definition) is 2. The molecule has 0 radical (unpaired) electrons. The molecule has 0 spiro atoms. The molecule has 0 unspecified atom stereocenters. The second-order valence-electron chi connectivity index (χ2n) is 5.14. The number of urea groups is 1. The lowest BCUT2D eigenvalue weighted by atomic mass is 10.2. The first-order chi connectivity index (χ1) is 12.5. The highest BCUT2D eigenvalue weighted by Gasteiger charge is 2.14. The van der Waals surface area contributed by atoms with Crippen molar-refractivity contribution in [1.29, 1.82) is 0 Å². The highest BCUT2D eigenvalue weighted by Crippen LogP contribution is 2.17. The number of carbonyl (C=O) groups excluding carboxylic acids is 3. The van der Waals surface area contributed by atoms with Crippen LogP contribution in [0.4, 0.5) is 16.2 Å². The van der Waals surface area contributed by atoms with E-state index in [2.05, 4.69) is 10.6 Å². The normalized spacial score (nSPS) is 9.92. The Bertz CT molecular complexity index is 787. The monoisotopic (exact) mass is 356 g/mol. The van der Waals surface area contributed by atoms with E-state index < -0.39 is 18.0 Å². The number of esters is 2. The molecule has 0 fully saturated rings. The largest absolute Gasteiger partial charge is 0.462 e. The SMILES string of the molecule is CCOC(=O)c1ccc(NC(=O)Nc2ccccc2C(=O)OCC)cc1. The van der Waals surface area contributed by atoms with Crippen molar-refractivity contribution in [3.63, 3.8) is 0 Å². The van der Waals surface area contributed by atoms with Crippen LogP contribution in [0.15, 0.2) is 48.5 Å². The van der Waals surface area contributed by atoms with Crippen molar-refractivity contribution in [3.8, 4) is 0 Å². The van der Waals surface area contributed by atoms with Crippen LogP contribution >= 0.6 is 0 Å². The first-order valence-corrected chi connectivity index (χ1v) is 8.16. The third kappa shape index (κ3) is 5.07. The molecule has 136 valence electrons. The molecule has 0 aliphatic heterocycles. The molecular formula is C19H20N2O5. The quantitative estimate of drug-likeness (QED) is 0.770. The molecule has 0 aliphatic carbocycles. The van der Waals surface area contributed by atoms with E-state index in [0.29, 0.717) is 23.5 Å². The Morgan fingerprint density at radius 3 is 2.08 bits per heavy atom. The fraction of sp³-hybridized carbons (Fsp3) is 0.211. The number of amides is 2. The van der Waals surface area contributed by atoms with Gasteiger partial charge in [-0.25, -0.2) is 14.4 Å². The van der Waals surface area contributed by atoms with Crippen LogP contribution in [0.25, 0.3) is 0 Å². The number of nitrogens with one attached hydrogen (secondary N) is 2. The minimum Gasteiger partial charge on any atom is -0.462 e. The summed E-state index contributed by atoms with van der Waals surface area (Å²) in [6.07, 6.45) is 0. The van der Waals surface area contributed by atoms with Crippen molar-refractivity contribution < 1.29 is 23.9 Å². The molecule has 2 rings (SSSR count). The second-order valence-corrected chi connectivity index (χ2v) is 5.14. The van der Waals surface area contributed by atoms with Crippen LogP contribution in [0.3, 0.4) is 0 Å². The summed E-state index contributed by atoms with van der Waals surface area (Å²) < 4.78 is 9.87. The van der Waals surface area contributed by atoms with Crippen molar-refractivity contribution in [2.75, 3.05) is 23.8 Å². The van der Waals surface area contributed by atoms with E-state index in [1.54, 1.807) is 62.4 Å². The molecule has 0 bridgehead atoms. The van der Waals surface area contributed by atoms with E-state index in [-0.39, 0.29) is 12.2 Å². The van der Waals surface area contributed by atoms with Crippen LogP contribution in [0.1, 0.15) is 34.6 Å². The maximum atomic E-state index is 12.2. The fourth-order valence-electron chi connectivity index (χ4n) is 2.17. The molecule has 0 saturated heterocycles. The molecule has 2 aromatic rings. The predicted octanol–water partition coefficient (Wildman–Crippen LogP) is 3.68. The van der Waals surface area contributed by atoms with Crippen molar-refractivity contribution >= 4 is 29.3 Å². The molecule has 7 nitrogen and oxygen atoms in total. The predicted molar refractivity (Wildman–Crippen MR) is 97.4 cm³/mol. The smallest absolute Gasteiger partial charge is 0.340 e. The van der Waals surface area contributed by atoms with Gasteiger partial charge in [-0.2, -0.15) is 0 Å². The van der Waals surface area contributed by atoms with Gasteiger partial charge in [0.15, 0.2) is 0 Å². The minimum absolute atomic E-state index is 0.242. The molecule has 0 aromatic heterocycles. The van der Waals surface area contributed by atoms with Crippen LogP contribution in [0.5, 0.6) is 0 Å². The first kappa shape index (κ1) is 19.0. The van der Waals surface area contributed by atoms with Crippen molar-refractivity contribution in [2.24, 2.45) is 0 Å². The second kappa shape index (κ2) is 9.22. The van der Waals surface area contributed by atoms with Gasteiger partial charge in [0.1, 0.15) is 0 Å². The van der Waals surface area contributed by atoms with E-state index in [0.717, 1.165) is 0 Å². The van der Waals surface area contributed by atoms with E-state index in [9.17, 15) is 14.4 Å². The number of ether oxygens (including phenoxy) is 2. The van der Waals surface area contributed by atoms with Crippen molar-refractivity contribution in [2.45, 2.75) is 13.8 Å². The molecule has 0 atom stereocenters. The van der Waals surface area contributed by atoms with E-state index >= 15 is 0 Å². The highest BCUT2D eigenvalue weighted by atomic mass is 16.5. The zero-order valence-corrected chi connectivity index (χ0v) is 14.6. The summed E-state index contributed by atoms with van der Waals surface area (Å²) in [6, 6.07) is 12.3. The van der Waals surface area contributed by atoms with Gasteiger partial charge in [0.05, 0.1) is 30.0 Å². The Kier molecular flexibility index (Phi) is 6.73. The standard InChI is InChI=1S/C19H20N2O5/c1-3-25-17(22)13-9-11-14(12-10-13)20-19(24)21-16-8-6-5-7-15(16)18(23)26-4-2/h5-12H,3-4H2,1-2H3,(H2,20,21,24). The van der Waals surface area contributed by atoms with Gasteiger partial charge in [0.25, 0.3) is 0 Å². The summed E-state index contributed by atoms with van der Waals surface area (Å²) in [5, 5.41) is 5.25. The molecule has 26 heavy (non-hydrogen) atoms. The molecule has 2 N–H and O–H groups in total. The number of rotatable bonds is 6. The van der Waals surface area contributed by atoms with Crippen molar-refractivity contribution in [3.05, 3.63) is 59.7 Å². The summed E-state index contributed by atoms with van der Waals surface area (Å²) in [5.74, 6) is -0.936. The highest BCUT2D eigenvalue weighted by molar-refractivity contribution is 6.05. The van der Waals surface area contributed by atoms with Gasteiger partial charge in [-0.15, -0.1) is 0 Å². The average molecular weight is 356 g/mol. The number of benzene rings is 2. The summed E-state index contributed by atoms with van der Waals surface area (Å²) in [6.45, 7) is 3.97. The van der Waals surface area contributed by atoms with E-state index in [4.69, 9.17) is 9.47 Å². The van der Waals surface area contributed by atoms with Crippen LogP contribution in [-0.2, 0) is 9.47 Å². The van der Waals surface area contributed by atoms with E-state index in [1.165, 1.54) is 0 Å². The zero-order valence-electron chi connectivity index (χ0n) is 14.6. The van der Waals surface area contributed by atoms with Crippen LogP contribution in [-0.4, -0.2) is 31.2 Å². The topological polar surface area (TPSA) is 93.7 Å². The maximum Gasteiger partial charge on any atom is 0.340 e. The van der Waals surface area contributed by atoms with Gasteiger partial charge in [-0.3, -0.25) is 0 Å². The molecular weight excluding hydrogens is 336 g/mol. The molecule has 2 amide bonds. The Morgan fingerprint density at radius 2 is 1.42 bits per heavy atom. The summed E-state index contributed by atoms with van der Waals surface area (Å²) in [4.78, 5) is 35.7. The lowest BCUT2D eigenvalue weighted by Gasteiger charge is -2.11. The lowest BCUT2D eigenvalue weighted by Crippen LogP contribution is -2.21. The number of hydrogen-bond acceptors (Lipinski definition) is 5. The third-order valence-electron chi connectivity index (χ3n) is 3.32. The summed E-state index contributed by atoms with van der Waals surface area (Å²) in [5.41, 5.74) is 1.49. The van der Waals surface area contributed by atoms with Gasteiger partial charge < -0.3 is 20.1 Å². The van der Waals surface area contributed by atoms with Gasteiger partial charge in [0.2, 0.25) is 0 Å². The Labute approximate surface area is 151 Å². The number of para-hydroxylation sites is 1. The molecule has 0 saturated carbocycles. The maximum absolute atomic E-state index is 12.2. The zero-order chi connectivity index (χ0) is 18.9. The lowest BCUT2D eigenvalue weighted by molar-refractivity contribution is 0.0517. The summed E-state index contributed by atoms with van der Waals surface area (Å²) in [7, 11) is 0. The number of carbonyl (C=O) groups is 3. The fourth-order valence-corrected chi connectivity index (χ4v) is 2.17. The van der Waals surface area contributed by atoms with Crippen LogP contribution < -0.4 is 10.6 Å². The Balaban J connectivity index is 2.03. The van der Waals surface area contributed by atoms with Gasteiger partial charge in [0, 0.05) is 5.69 Å². The Morgan fingerprint density at radius 1 is 0.808 bits per heavy atom. The van der Waals surface area contributed by atoms with Gasteiger partial charge in [-0.05, 0) is 50.2 Å². The van der Waals surface area contributed by atoms with Gasteiger partial charge >= 0.3 is 18.0 Å². The molecule has 0 aliphatic rings. The first-order valence-electron chi connectivity index (χ1n) is 8.16. The minimum atomic E-state index is -0.523. The van der Waals surface area contributed by atoms with Crippen LogP contribution in [0, 0.1) is 0 Å². The summed E-state index contributed by atoms with van der Waals surface area (Å²) >= 11 is 0. The third-order valence-corrected chi connectivity index (χ3v) is 3.32. The van der Waals surface area contributed by atoms with Gasteiger partial charge in [-0.1, -0.05) is 12.1 Å². The molecule has 2 aromatic carbocycles. The van der Waals surface area contributed by atoms with E-state index in [1.807, 2.05) is 0 Å². The average Bonchev–Trinajstić information content (AvgIpc) is 2.63. The van der Waals surface area contributed by atoms with Crippen LogP contribution in [0.2, 0.25) is 0 Å². The molecule has 0 heterocycles. The molecule has 7 heteroatoms.